The fraction of sp³-hybridized carbons (Fsp3) is 0.440. The van der Waals surface area contributed by atoms with E-state index in [1.54, 1.807) is 21.9 Å². The van der Waals surface area contributed by atoms with Crippen molar-refractivity contribution < 1.29 is 19.4 Å². The molecule has 0 aliphatic carbocycles. The van der Waals surface area contributed by atoms with Crippen LogP contribution in [0.3, 0.4) is 0 Å². The number of nitrogens with zero attached hydrogens (tertiary/aromatic N) is 2. The molecule has 0 aromatic heterocycles. The first-order valence-electron chi connectivity index (χ1n) is 11.5. The van der Waals surface area contributed by atoms with E-state index in [9.17, 15) is 14.7 Å². The van der Waals surface area contributed by atoms with E-state index in [-0.39, 0.29) is 24.6 Å². The first-order chi connectivity index (χ1) is 16.0. The highest BCUT2D eigenvalue weighted by molar-refractivity contribution is 6.30. The molecule has 2 heterocycles. The van der Waals surface area contributed by atoms with Gasteiger partial charge in [-0.1, -0.05) is 41.9 Å². The number of hydrogen-bond acceptors (Lipinski definition) is 4. The van der Waals surface area contributed by atoms with E-state index in [0.29, 0.717) is 36.8 Å². The van der Waals surface area contributed by atoms with E-state index in [1.807, 2.05) is 42.5 Å². The molecule has 8 heteroatoms. The standard InChI is InChI=1S/C25H30ClN3O4/c26-19-12-10-18(11-13-19)16-27-25(32)29-15-5-9-22(29)24(31)28-14-4-8-21(28)23(30)17-33-20-6-2-1-3-7-20/h1-3,6-7,10-13,21-23,30H,4-5,8-9,14-17H2,(H,27,32)/t21-,22+,23?/m0/s1. The van der Waals surface area contributed by atoms with Gasteiger partial charge in [-0.05, 0) is 55.5 Å². The highest BCUT2D eigenvalue weighted by Crippen LogP contribution is 2.27. The molecule has 0 radical (unpaired) electrons. The van der Waals surface area contributed by atoms with Crippen molar-refractivity contribution in [2.45, 2.75) is 50.4 Å². The number of urea groups is 1. The molecule has 2 N–H and O–H groups in total. The summed E-state index contributed by atoms with van der Waals surface area (Å²) in [6.45, 7) is 1.62. The van der Waals surface area contributed by atoms with Gasteiger partial charge in [-0.2, -0.15) is 0 Å². The lowest BCUT2D eigenvalue weighted by Gasteiger charge is -2.33. The van der Waals surface area contributed by atoms with Crippen LogP contribution in [0.5, 0.6) is 5.75 Å². The average Bonchev–Trinajstić information content (AvgIpc) is 3.52. The lowest BCUT2D eigenvalue weighted by molar-refractivity contribution is -0.138. The third kappa shape index (κ3) is 5.78. The Morgan fingerprint density at radius 3 is 2.48 bits per heavy atom. The zero-order chi connectivity index (χ0) is 23.2. The maximum Gasteiger partial charge on any atom is 0.318 e. The Morgan fingerprint density at radius 1 is 1.03 bits per heavy atom. The fourth-order valence-electron chi connectivity index (χ4n) is 4.61. The van der Waals surface area contributed by atoms with Crippen LogP contribution in [0.25, 0.3) is 0 Å². The number of hydrogen-bond donors (Lipinski definition) is 2. The van der Waals surface area contributed by atoms with Crippen molar-refractivity contribution in [1.29, 1.82) is 0 Å². The topological polar surface area (TPSA) is 82.1 Å². The zero-order valence-electron chi connectivity index (χ0n) is 18.5. The minimum Gasteiger partial charge on any atom is -0.491 e. The van der Waals surface area contributed by atoms with Crippen LogP contribution in [0.1, 0.15) is 31.2 Å². The third-order valence-corrected chi connectivity index (χ3v) is 6.60. The first-order valence-corrected chi connectivity index (χ1v) is 11.9. The number of halogens is 1. The van der Waals surface area contributed by atoms with Crippen molar-refractivity contribution in [3.8, 4) is 5.75 Å². The molecule has 3 amide bonds. The van der Waals surface area contributed by atoms with Gasteiger partial charge in [-0.15, -0.1) is 0 Å². The van der Waals surface area contributed by atoms with Gasteiger partial charge < -0.3 is 25.0 Å². The molecule has 0 bridgehead atoms. The number of para-hydroxylation sites is 1. The number of aliphatic hydroxyl groups is 1. The molecule has 2 aromatic carbocycles. The van der Waals surface area contributed by atoms with E-state index in [0.717, 1.165) is 24.8 Å². The van der Waals surface area contributed by atoms with Gasteiger partial charge in [0.1, 0.15) is 24.5 Å². The van der Waals surface area contributed by atoms with Crippen LogP contribution in [0.15, 0.2) is 54.6 Å². The van der Waals surface area contributed by atoms with Gasteiger partial charge in [0.15, 0.2) is 0 Å². The Labute approximate surface area is 199 Å². The van der Waals surface area contributed by atoms with Crippen LogP contribution in [-0.2, 0) is 11.3 Å². The number of amides is 3. The minimum atomic E-state index is -0.787. The van der Waals surface area contributed by atoms with Crippen LogP contribution in [0, 0.1) is 0 Å². The van der Waals surface area contributed by atoms with Crippen molar-refractivity contribution in [3.63, 3.8) is 0 Å². The molecule has 176 valence electrons. The van der Waals surface area contributed by atoms with Crippen LogP contribution in [0.4, 0.5) is 4.79 Å². The zero-order valence-corrected chi connectivity index (χ0v) is 19.3. The summed E-state index contributed by atoms with van der Waals surface area (Å²) in [4.78, 5) is 29.6. The van der Waals surface area contributed by atoms with Gasteiger partial charge in [0.05, 0.1) is 6.04 Å². The highest BCUT2D eigenvalue weighted by Gasteiger charge is 2.42. The van der Waals surface area contributed by atoms with Crippen LogP contribution in [0.2, 0.25) is 5.02 Å². The number of ether oxygens (including phenoxy) is 1. The average molecular weight is 472 g/mol. The SMILES string of the molecule is O=C(NCc1ccc(Cl)cc1)N1CCC[C@@H]1C(=O)N1CCC[C@H]1C(O)COc1ccccc1. The highest BCUT2D eigenvalue weighted by atomic mass is 35.5. The number of carbonyl (C=O) groups is 2. The molecule has 2 aliphatic rings. The number of nitrogens with one attached hydrogen (secondary N) is 1. The molecule has 33 heavy (non-hydrogen) atoms. The van der Waals surface area contributed by atoms with Gasteiger partial charge in [-0.3, -0.25) is 4.79 Å². The Hall–Kier alpha value is -2.77. The molecule has 4 rings (SSSR count). The quantitative estimate of drug-likeness (QED) is 0.648. The lowest BCUT2D eigenvalue weighted by atomic mass is 10.1. The number of aliphatic hydroxyl groups excluding tert-OH is 1. The summed E-state index contributed by atoms with van der Waals surface area (Å²) in [6.07, 6.45) is 2.18. The summed E-state index contributed by atoms with van der Waals surface area (Å²) in [5.74, 6) is 0.599. The predicted octanol–water partition coefficient (Wildman–Crippen LogP) is 3.44. The molecule has 0 spiro atoms. The Balaban J connectivity index is 1.34. The molecule has 3 atom stereocenters. The molecule has 1 unspecified atom stereocenters. The second kappa shape index (κ2) is 10.9. The molecule has 2 aromatic rings. The minimum absolute atomic E-state index is 0.0876. The summed E-state index contributed by atoms with van der Waals surface area (Å²) < 4.78 is 5.70. The predicted molar refractivity (Wildman–Crippen MR) is 126 cm³/mol. The summed E-state index contributed by atoms with van der Waals surface area (Å²) in [6, 6.07) is 15.6. The third-order valence-electron chi connectivity index (χ3n) is 6.35. The van der Waals surface area contributed by atoms with Gasteiger partial charge in [0.25, 0.3) is 0 Å². The number of likely N-dealkylation sites (tertiary alicyclic amines) is 2. The normalized spacial score (nSPS) is 21.2. The molecular weight excluding hydrogens is 442 g/mol. The smallest absolute Gasteiger partial charge is 0.318 e. The maximum absolute atomic E-state index is 13.4. The molecule has 2 saturated heterocycles. The van der Waals surface area contributed by atoms with E-state index in [1.165, 1.54) is 0 Å². The lowest BCUT2D eigenvalue weighted by Crippen LogP contribution is -2.54. The number of rotatable bonds is 7. The molecule has 0 saturated carbocycles. The number of carbonyl (C=O) groups excluding carboxylic acids is 2. The Bertz CT molecular complexity index is 940. The van der Waals surface area contributed by atoms with Gasteiger partial charge in [0, 0.05) is 24.7 Å². The van der Waals surface area contributed by atoms with Crippen LogP contribution in [-0.4, -0.2) is 64.7 Å². The second-order valence-corrected chi connectivity index (χ2v) is 9.01. The van der Waals surface area contributed by atoms with Crippen molar-refractivity contribution in [2.75, 3.05) is 19.7 Å². The molecular formula is C25H30ClN3O4. The summed E-state index contributed by atoms with van der Waals surface area (Å²) in [7, 11) is 0. The number of benzene rings is 2. The van der Waals surface area contributed by atoms with Gasteiger partial charge in [0.2, 0.25) is 5.91 Å². The van der Waals surface area contributed by atoms with Crippen LogP contribution >= 0.6 is 11.6 Å². The first kappa shape index (κ1) is 23.4. The summed E-state index contributed by atoms with van der Waals surface area (Å²) in [5, 5.41) is 14.3. The van der Waals surface area contributed by atoms with Crippen molar-refractivity contribution in [2.24, 2.45) is 0 Å². The summed E-state index contributed by atoms with van der Waals surface area (Å²) >= 11 is 5.92. The van der Waals surface area contributed by atoms with E-state index >= 15 is 0 Å². The van der Waals surface area contributed by atoms with Crippen molar-refractivity contribution >= 4 is 23.5 Å². The molecule has 2 aliphatic heterocycles. The van der Waals surface area contributed by atoms with Gasteiger partial charge >= 0.3 is 6.03 Å². The van der Waals surface area contributed by atoms with Gasteiger partial charge in [-0.25, -0.2) is 4.79 Å². The maximum atomic E-state index is 13.4. The van der Waals surface area contributed by atoms with E-state index in [4.69, 9.17) is 16.3 Å². The molecule has 7 nitrogen and oxygen atoms in total. The summed E-state index contributed by atoms with van der Waals surface area (Å²) in [5.41, 5.74) is 0.941. The largest absolute Gasteiger partial charge is 0.491 e. The fourth-order valence-corrected chi connectivity index (χ4v) is 4.74. The second-order valence-electron chi connectivity index (χ2n) is 8.57. The van der Waals surface area contributed by atoms with Crippen molar-refractivity contribution in [1.82, 2.24) is 15.1 Å². The Kier molecular flexibility index (Phi) is 7.73. The van der Waals surface area contributed by atoms with Crippen molar-refractivity contribution in [3.05, 3.63) is 65.2 Å². The monoisotopic (exact) mass is 471 g/mol. The van der Waals surface area contributed by atoms with E-state index in [2.05, 4.69) is 5.32 Å². The molecule has 2 fully saturated rings. The van der Waals surface area contributed by atoms with E-state index < -0.39 is 12.1 Å². The Morgan fingerprint density at radius 2 is 1.73 bits per heavy atom. The van der Waals surface area contributed by atoms with Crippen LogP contribution < -0.4 is 10.1 Å².